The molecule has 0 heterocycles. The molecular weight excluding hydrogens is 134 g/mol. The average Bonchev–Trinajstić information content (AvgIpc) is 1.65. The molecule has 3 N–H and O–H groups in total. The molecule has 0 saturated carbocycles. The lowest BCUT2D eigenvalue weighted by Gasteiger charge is -2.20. The van der Waals surface area contributed by atoms with Crippen molar-refractivity contribution in [3.63, 3.8) is 0 Å². The zero-order valence-electron chi connectivity index (χ0n) is 5.85. The molecule has 0 aliphatic heterocycles. The highest BCUT2D eigenvalue weighted by atomic mass is 32.1. The van der Waals surface area contributed by atoms with Crippen molar-refractivity contribution in [2.75, 3.05) is 6.61 Å². The second-order valence-electron chi connectivity index (χ2n) is 2.72. The Morgan fingerprint density at radius 2 is 2.11 bits per heavy atom. The Balaban J connectivity index is 3.85. The standard InChI is InChI=1S/C6H13NOS/c1-6(2,3-4-8)5(7)9/h8H,3-4H2,1-2H3,(H2,7,9). The number of thiocarbonyl (C=S) groups is 1. The fourth-order valence-electron chi connectivity index (χ4n) is 0.403. The fraction of sp³-hybridized carbons (Fsp3) is 0.833. The third-order valence-corrected chi connectivity index (χ3v) is 1.96. The van der Waals surface area contributed by atoms with Crippen LogP contribution in [0.25, 0.3) is 0 Å². The summed E-state index contributed by atoms with van der Waals surface area (Å²) < 4.78 is 0. The predicted octanol–water partition coefficient (Wildman–Crippen LogP) is 0.681. The monoisotopic (exact) mass is 147 g/mol. The van der Waals surface area contributed by atoms with Crippen molar-refractivity contribution in [3.05, 3.63) is 0 Å². The van der Waals surface area contributed by atoms with Crippen LogP contribution in [0, 0.1) is 5.41 Å². The summed E-state index contributed by atoms with van der Waals surface area (Å²) in [5, 5.41) is 8.54. The Bertz CT molecular complexity index is 112. The molecule has 0 spiro atoms. The van der Waals surface area contributed by atoms with Crippen LogP contribution in [0.2, 0.25) is 0 Å². The summed E-state index contributed by atoms with van der Waals surface area (Å²) >= 11 is 4.76. The van der Waals surface area contributed by atoms with Crippen LogP contribution in [0.5, 0.6) is 0 Å². The van der Waals surface area contributed by atoms with E-state index in [4.69, 9.17) is 23.1 Å². The van der Waals surface area contributed by atoms with Gasteiger partial charge in [0.2, 0.25) is 0 Å². The van der Waals surface area contributed by atoms with Crippen molar-refractivity contribution in [1.82, 2.24) is 0 Å². The van der Waals surface area contributed by atoms with Crippen LogP contribution >= 0.6 is 12.2 Å². The van der Waals surface area contributed by atoms with Crippen molar-refractivity contribution in [2.24, 2.45) is 11.1 Å². The number of hydrogen-bond donors (Lipinski definition) is 2. The van der Waals surface area contributed by atoms with Gasteiger partial charge in [-0.3, -0.25) is 0 Å². The normalized spacial score (nSPS) is 11.4. The Kier molecular flexibility index (Phi) is 3.08. The van der Waals surface area contributed by atoms with E-state index in [1.165, 1.54) is 0 Å². The first-order chi connectivity index (χ1) is 4.00. The molecule has 0 aromatic carbocycles. The van der Waals surface area contributed by atoms with Gasteiger partial charge in [0.15, 0.2) is 0 Å². The minimum Gasteiger partial charge on any atom is -0.396 e. The molecule has 0 unspecified atom stereocenters. The van der Waals surface area contributed by atoms with Gasteiger partial charge in [0, 0.05) is 12.0 Å². The number of rotatable bonds is 3. The topological polar surface area (TPSA) is 46.2 Å². The van der Waals surface area contributed by atoms with E-state index in [1.807, 2.05) is 13.8 Å². The van der Waals surface area contributed by atoms with Crippen LogP contribution in [0.15, 0.2) is 0 Å². The van der Waals surface area contributed by atoms with E-state index < -0.39 is 0 Å². The predicted molar refractivity (Wildman–Crippen MR) is 42.3 cm³/mol. The first-order valence-corrected chi connectivity index (χ1v) is 3.32. The van der Waals surface area contributed by atoms with Crippen LogP contribution in [0.3, 0.4) is 0 Å². The third-order valence-electron chi connectivity index (χ3n) is 1.40. The highest BCUT2D eigenvalue weighted by Crippen LogP contribution is 2.19. The summed E-state index contributed by atoms with van der Waals surface area (Å²) in [6, 6.07) is 0. The summed E-state index contributed by atoms with van der Waals surface area (Å²) in [6.45, 7) is 3.99. The van der Waals surface area contributed by atoms with Crippen molar-refractivity contribution in [3.8, 4) is 0 Å². The number of aliphatic hydroxyl groups excluding tert-OH is 1. The van der Waals surface area contributed by atoms with Gasteiger partial charge < -0.3 is 10.8 Å². The minimum atomic E-state index is -0.190. The maximum absolute atomic E-state index is 8.54. The number of nitrogens with two attached hydrogens (primary N) is 1. The number of hydrogen-bond acceptors (Lipinski definition) is 2. The highest BCUT2D eigenvalue weighted by Gasteiger charge is 2.19. The second-order valence-corrected chi connectivity index (χ2v) is 3.16. The van der Waals surface area contributed by atoms with Gasteiger partial charge >= 0.3 is 0 Å². The Labute approximate surface area is 61.1 Å². The first kappa shape index (κ1) is 8.85. The van der Waals surface area contributed by atoms with Gasteiger partial charge in [0.25, 0.3) is 0 Å². The summed E-state index contributed by atoms with van der Waals surface area (Å²) in [4.78, 5) is 0.469. The molecule has 9 heavy (non-hydrogen) atoms. The SMILES string of the molecule is CC(C)(CCO)C(N)=S. The molecule has 0 bridgehead atoms. The van der Waals surface area contributed by atoms with E-state index >= 15 is 0 Å². The fourth-order valence-corrected chi connectivity index (χ4v) is 0.505. The molecule has 0 rings (SSSR count). The molecule has 2 nitrogen and oxygen atoms in total. The second kappa shape index (κ2) is 3.13. The molecule has 0 aromatic rings. The highest BCUT2D eigenvalue weighted by molar-refractivity contribution is 7.80. The average molecular weight is 147 g/mol. The largest absolute Gasteiger partial charge is 0.396 e. The van der Waals surface area contributed by atoms with E-state index in [0.717, 1.165) is 0 Å². The van der Waals surface area contributed by atoms with E-state index in [1.54, 1.807) is 0 Å². The van der Waals surface area contributed by atoms with Gasteiger partial charge in [-0.15, -0.1) is 0 Å². The van der Waals surface area contributed by atoms with Crippen LogP contribution < -0.4 is 5.73 Å². The lowest BCUT2D eigenvalue weighted by molar-refractivity contribution is 0.250. The Hall–Kier alpha value is -0.150. The molecule has 0 atom stereocenters. The van der Waals surface area contributed by atoms with Gasteiger partial charge in [-0.2, -0.15) is 0 Å². The summed E-state index contributed by atoms with van der Waals surface area (Å²) in [7, 11) is 0. The summed E-state index contributed by atoms with van der Waals surface area (Å²) in [6.07, 6.45) is 0.641. The van der Waals surface area contributed by atoms with E-state index in [9.17, 15) is 0 Å². The third kappa shape index (κ3) is 2.77. The van der Waals surface area contributed by atoms with Gasteiger partial charge in [0.05, 0.1) is 4.99 Å². The zero-order chi connectivity index (χ0) is 7.49. The lowest BCUT2D eigenvalue weighted by atomic mass is 9.90. The van der Waals surface area contributed by atoms with Crippen molar-refractivity contribution in [2.45, 2.75) is 20.3 Å². The smallest absolute Gasteiger partial charge is 0.0785 e. The van der Waals surface area contributed by atoms with Crippen LogP contribution in [0.1, 0.15) is 20.3 Å². The molecule has 0 amide bonds. The van der Waals surface area contributed by atoms with Crippen LogP contribution in [-0.4, -0.2) is 16.7 Å². The molecular formula is C6H13NOS. The molecule has 0 fully saturated rings. The zero-order valence-corrected chi connectivity index (χ0v) is 6.66. The molecule has 0 saturated heterocycles. The molecule has 0 radical (unpaired) electrons. The van der Waals surface area contributed by atoms with Crippen molar-refractivity contribution >= 4 is 17.2 Å². The van der Waals surface area contributed by atoms with Crippen molar-refractivity contribution in [1.29, 1.82) is 0 Å². The molecule has 0 aliphatic rings. The Morgan fingerprint density at radius 3 is 2.22 bits per heavy atom. The quantitative estimate of drug-likeness (QED) is 0.577. The summed E-state index contributed by atoms with van der Waals surface area (Å²) in [5.41, 5.74) is 5.19. The molecule has 3 heteroatoms. The first-order valence-electron chi connectivity index (χ1n) is 2.91. The van der Waals surface area contributed by atoms with Gasteiger partial charge in [-0.25, -0.2) is 0 Å². The lowest BCUT2D eigenvalue weighted by Crippen LogP contribution is -2.30. The number of aliphatic hydroxyl groups is 1. The molecule has 0 aromatic heterocycles. The van der Waals surface area contributed by atoms with E-state index in [0.29, 0.717) is 11.4 Å². The van der Waals surface area contributed by atoms with Crippen LogP contribution in [-0.2, 0) is 0 Å². The molecule has 0 aliphatic carbocycles. The van der Waals surface area contributed by atoms with Gasteiger partial charge in [-0.1, -0.05) is 26.1 Å². The van der Waals surface area contributed by atoms with Gasteiger partial charge in [-0.05, 0) is 6.42 Å². The van der Waals surface area contributed by atoms with E-state index in [-0.39, 0.29) is 12.0 Å². The van der Waals surface area contributed by atoms with Crippen molar-refractivity contribution < 1.29 is 5.11 Å². The Morgan fingerprint density at radius 1 is 1.67 bits per heavy atom. The maximum atomic E-state index is 8.54. The molecule has 54 valence electrons. The van der Waals surface area contributed by atoms with E-state index in [2.05, 4.69) is 0 Å². The summed E-state index contributed by atoms with van der Waals surface area (Å²) in [5.74, 6) is 0. The van der Waals surface area contributed by atoms with Gasteiger partial charge in [0.1, 0.15) is 0 Å². The maximum Gasteiger partial charge on any atom is 0.0785 e. The van der Waals surface area contributed by atoms with Crippen LogP contribution in [0.4, 0.5) is 0 Å². The minimum absolute atomic E-state index is 0.143.